The number of likely N-dealkylation sites (tertiary alicyclic amines) is 1. The van der Waals surface area contributed by atoms with Crippen LogP contribution in [0.5, 0.6) is 0 Å². The molecule has 1 heterocycles. The Morgan fingerprint density at radius 2 is 1.73 bits per heavy atom. The van der Waals surface area contributed by atoms with Crippen LogP contribution >= 0.6 is 12.4 Å². The Bertz CT molecular complexity index is 485. The number of carbonyl (C=O) groups is 2. The predicted molar refractivity (Wildman–Crippen MR) is 89.9 cm³/mol. The van der Waals surface area contributed by atoms with E-state index in [2.05, 4.69) is 5.32 Å². The second-order valence-electron chi connectivity index (χ2n) is 5.46. The molecule has 3 N–H and O–H groups in total. The lowest BCUT2D eigenvalue weighted by Gasteiger charge is -2.26. The summed E-state index contributed by atoms with van der Waals surface area (Å²) in [5, 5.41) is 2.80. The highest BCUT2D eigenvalue weighted by Crippen LogP contribution is 2.09. The summed E-state index contributed by atoms with van der Waals surface area (Å²) in [7, 11) is 0. The number of nitrogen functional groups attached to an aromatic ring is 1. The number of nitrogens with one attached hydrogen (secondary N) is 1. The van der Waals surface area contributed by atoms with Gasteiger partial charge in [-0.1, -0.05) is 12.1 Å². The maximum atomic E-state index is 11.9. The average molecular weight is 326 g/mol. The van der Waals surface area contributed by atoms with E-state index in [4.69, 9.17) is 5.73 Å². The standard InChI is InChI=1S/C16H23N3O2.ClH/c17-14-6-4-13(5-7-14)12-15(20)18-9-8-16(21)19-10-2-1-3-11-19;/h4-7H,1-3,8-12,17H2,(H,18,20);1H. The molecule has 6 heteroatoms. The van der Waals surface area contributed by atoms with E-state index in [1.807, 2.05) is 17.0 Å². The first-order chi connectivity index (χ1) is 10.1. The number of benzene rings is 1. The lowest BCUT2D eigenvalue weighted by Crippen LogP contribution is -2.38. The van der Waals surface area contributed by atoms with Crippen LogP contribution in [0.25, 0.3) is 0 Å². The molecule has 1 aliphatic heterocycles. The van der Waals surface area contributed by atoms with Gasteiger partial charge in [-0.15, -0.1) is 12.4 Å². The van der Waals surface area contributed by atoms with Gasteiger partial charge < -0.3 is 16.0 Å². The molecule has 0 saturated carbocycles. The summed E-state index contributed by atoms with van der Waals surface area (Å²) in [5.74, 6) is 0.0775. The van der Waals surface area contributed by atoms with Gasteiger partial charge in [-0.05, 0) is 37.0 Å². The average Bonchev–Trinajstić information content (AvgIpc) is 2.50. The first-order valence-electron chi connectivity index (χ1n) is 7.54. The number of nitrogens with two attached hydrogens (primary N) is 1. The summed E-state index contributed by atoms with van der Waals surface area (Å²) < 4.78 is 0. The van der Waals surface area contributed by atoms with E-state index in [1.165, 1.54) is 6.42 Å². The van der Waals surface area contributed by atoms with Gasteiger partial charge in [-0.2, -0.15) is 0 Å². The molecule has 2 amide bonds. The van der Waals surface area contributed by atoms with Gasteiger partial charge in [0.2, 0.25) is 11.8 Å². The molecule has 0 atom stereocenters. The van der Waals surface area contributed by atoms with Gasteiger partial charge in [0.15, 0.2) is 0 Å². The predicted octanol–water partition coefficient (Wildman–Crippen LogP) is 1.75. The van der Waals surface area contributed by atoms with E-state index in [9.17, 15) is 9.59 Å². The van der Waals surface area contributed by atoms with E-state index >= 15 is 0 Å². The number of nitrogens with zero attached hydrogens (tertiary/aromatic N) is 1. The van der Waals surface area contributed by atoms with Crippen molar-refractivity contribution in [3.63, 3.8) is 0 Å². The normalized spacial score (nSPS) is 14.1. The smallest absolute Gasteiger partial charge is 0.224 e. The summed E-state index contributed by atoms with van der Waals surface area (Å²) in [6, 6.07) is 7.24. The Hall–Kier alpha value is -1.75. The fourth-order valence-electron chi connectivity index (χ4n) is 2.49. The molecular formula is C16H24ClN3O2. The highest BCUT2D eigenvalue weighted by Gasteiger charge is 2.16. The molecule has 1 aromatic rings. The zero-order valence-corrected chi connectivity index (χ0v) is 13.5. The van der Waals surface area contributed by atoms with Crippen molar-refractivity contribution < 1.29 is 9.59 Å². The summed E-state index contributed by atoms with van der Waals surface area (Å²) in [6.07, 6.45) is 4.10. The van der Waals surface area contributed by atoms with Gasteiger partial charge in [0.25, 0.3) is 0 Å². The first kappa shape index (κ1) is 18.3. The lowest BCUT2D eigenvalue weighted by molar-refractivity contribution is -0.132. The van der Waals surface area contributed by atoms with E-state index in [-0.39, 0.29) is 24.2 Å². The molecule has 0 radical (unpaired) electrons. The van der Waals surface area contributed by atoms with Crippen LogP contribution in [0.3, 0.4) is 0 Å². The number of halogens is 1. The van der Waals surface area contributed by atoms with Crippen LogP contribution in [0, 0.1) is 0 Å². The molecule has 0 bridgehead atoms. The Balaban J connectivity index is 0.00000242. The van der Waals surface area contributed by atoms with Crippen LogP contribution in [-0.2, 0) is 16.0 Å². The number of rotatable bonds is 5. The Morgan fingerprint density at radius 1 is 1.09 bits per heavy atom. The van der Waals surface area contributed by atoms with Crippen LogP contribution in [0.1, 0.15) is 31.2 Å². The second kappa shape index (κ2) is 9.30. The summed E-state index contributed by atoms with van der Waals surface area (Å²) in [5.41, 5.74) is 7.21. The zero-order chi connectivity index (χ0) is 15.1. The number of anilines is 1. The van der Waals surface area contributed by atoms with Crippen molar-refractivity contribution in [2.45, 2.75) is 32.1 Å². The van der Waals surface area contributed by atoms with E-state index < -0.39 is 0 Å². The summed E-state index contributed by atoms with van der Waals surface area (Å²) >= 11 is 0. The van der Waals surface area contributed by atoms with Gasteiger partial charge in [-0.25, -0.2) is 0 Å². The minimum Gasteiger partial charge on any atom is -0.399 e. The molecule has 1 aromatic carbocycles. The van der Waals surface area contributed by atoms with Crippen LogP contribution in [0.15, 0.2) is 24.3 Å². The quantitative estimate of drug-likeness (QED) is 0.810. The molecule has 5 nitrogen and oxygen atoms in total. The van der Waals surface area contributed by atoms with E-state index in [0.717, 1.165) is 31.5 Å². The van der Waals surface area contributed by atoms with Crippen LogP contribution in [-0.4, -0.2) is 36.3 Å². The highest BCUT2D eigenvalue weighted by molar-refractivity contribution is 5.85. The highest BCUT2D eigenvalue weighted by atomic mass is 35.5. The van der Waals surface area contributed by atoms with Crippen LogP contribution in [0.2, 0.25) is 0 Å². The number of carbonyl (C=O) groups excluding carboxylic acids is 2. The third-order valence-electron chi connectivity index (χ3n) is 3.71. The molecule has 22 heavy (non-hydrogen) atoms. The Labute approximate surface area is 137 Å². The molecular weight excluding hydrogens is 302 g/mol. The van der Waals surface area contributed by atoms with Gasteiger partial charge in [0, 0.05) is 31.7 Å². The van der Waals surface area contributed by atoms with Crippen molar-refractivity contribution in [3.8, 4) is 0 Å². The summed E-state index contributed by atoms with van der Waals surface area (Å²) in [6.45, 7) is 2.12. The number of piperidine rings is 1. The SMILES string of the molecule is Cl.Nc1ccc(CC(=O)NCCC(=O)N2CCCCC2)cc1. The van der Waals surface area contributed by atoms with Gasteiger partial charge in [0.1, 0.15) is 0 Å². The van der Waals surface area contributed by atoms with Crippen LogP contribution < -0.4 is 11.1 Å². The topological polar surface area (TPSA) is 75.4 Å². The van der Waals surface area contributed by atoms with Crippen LogP contribution in [0.4, 0.5) is 5.69 Å². The van der Waals surface area contributed by atoms with Crippen molar-refractivity contribution in [1.29, 1.82) is 0 Å². The minimum absolute atomic E-state index is 0. The molecule has 0 spiro atoms. The van der Waals surface area contributed by atoms with E-state index in [1.54, 1.807) is 12.1 Å². The monoisotopic (exact) mass is 325 g/mol. The molecule has 1 fully saturated rings. The van der Waals surface area contributed by atoms with Gasteiger partial charge in [-0.3, -0.25) is 9.59 Å². The fraction of sp³-hybridized carbons (Fsp3) is 0.500. The fourth-order valence-corrected chi connectivity index (χ4v) is 2.49. The molecule has 1 aliphatic rings. The molecule has 0 aromatic heterocycles. The molecule has 1 saturated heterocycles. The molecule has 0 unspecified atom stereocenters. The maximum Gasteiger partial charge on any atom is 0.224 e. The zero-order valence-electron chi connectivity index (χ0n) is 12.7. The Kier molecular flexibility index (Phi) is 7.74. The molecule has 0 aliphatic carbocycles. The third kappa shape index (κ3) is 5.93. The lowest BCUT2D eigenvalue weighted by atomic mass is 10.1. The van der Waals surface area contributed by atoms with E-state index in [0.29, 0.717) is 25.1 Å². The largest absolute Gasteiger partial charge is 0.399 e. The number of hydrogen-bond acceptors (Lipinski definition) is 3. The first-order valence-corrected chi connectivity index (χ1v) is 7.54. The van der Waals surface area contributed by atoms with Crippen molar-refractivity contribution in [2.24, 2.45) is 0 Å². The Morgan fingerprint density at radius 3 is 2.36 bits per heavy atom. The van der Waals surface area contributed by atoms with Crippen molar-refractivity contribution in [2.75, 3.05) is 25.4 Å². The van der Waals surface area contributed by atoms with Gasteiger partial charge in [0.05, 0.1) is 6.42 Å². The maximum absolute atomic E-state index is 11.9. The van der Waals surface area contributed by atoms with Gasteiger partial charge >= 0.3 is 0 Å². The van der Waals surface area contributed by atoms with Crippen molar-refractivity contribution in [3.05, 3.63) is 29.8 Å². The number of hydrogen-bond donors (Lipinski definition) is 2. The van der Waals surface area contributed by atoms with Crippen molar-refractivity contribution >= 4 is 29.9 Å². The molecule has 2 rings (SSSR count). The molecule has 122 valence electrons. The third-order valence-corrected chi connectivity index (χ3v) is 3.71. The van der Waals surface area contributed by atoms with Crippen molar-refractivity contribution in [1.82, 2.24) is 10.2 Å². The number of amides is 2. The second-order valence-corrected chi connectivity index (χ2v) is 5.46. The summed E-state index contributed by atoms with van der Waals surface area (Å²) in [4.78, 5) is 25.6. The minimum atomic E-state index is -0.0637.